The Morgan fingerprint density at radius 1 is 1.03 bits per heavy atom. The fourth-order valence-corrected chi connectivity index (χ4v) is 5.63. The first-order valence-electron chi connectivity index (χ1n) is 11.9. The minimum Gasteiger partial charge on any atom is -0.381 e. The smallest absolute Gasteiger partial charge is 0.141 e. The summed E-state index contributed by atoms with van der Waals surface area (Å²) in [5.74, 6) is -0.272. The molecule has 168 valence electrons. The topological polar surface area (TPSA) is 38.2 Å². The molecule has 5 heteroatoms. The molecule has 1 atom stereocenters. The number of rotatable bonds is 8. The Kier molecular flexibility index (Phi) is 7.02. The van der Waals surface area contributed by atoms with Gasteiger partial charge in [-0.1, -0.05) is 25.3 Å². The molecule has 3 heterocycles. The van der Waals surface area contributed by atoms with Gasteiger partial charge in [0.1, 0.15) is 5.82 Å². The summed E-state index contributed by atoms with van der Waals surface area (Å²) in [5.41, 5.74) is 3.64. The SMILES string of the molecule is CCOCC1(CCc2ccc(F)cn2)CCN(C2(c3ccc(C)nc3)CCCCC2)C1. The van der Waals surface area contributed by atoms with Crippen LogP contribution in [0.3, 0.4) is 0 Å². The number of nitrogens with zero attached hydrogens (tertiary/aromatic N) is 3. The van der Waals surface area contributed by atoms with Crippen LogP contribution < -0.4 is 0 Å². The summed E-state index contributed by atoms with van der Waals surface area (Å²) < 4.78 is 19.3. The Bertz CT molecular complexity index is 833. The first-order valence-corrected chi connectivity index (χ1v) is 11.9. The van der Waals surface area contributed by atoms with Gasteiger partial charge in [0, 0.05) is 41.7 Å². The maximum Gasteiger partial charge on any atom is 0.141 e. The van der Waals surface area contributed by atoms with E-state index in [1.807, 2.05) is 6.07 Å². The van der Waals surface area contributed by atoms with E-state index in [1.165, 1.54) is 49.9 Å². The summed E-state index contributed by atoms with van der Waals surface area (Å²) in [7, 11) is 0. The van der Waals surface area contributed by atoms with Crippen molar-refractivity contribution in [3.63, 3.8) is 0 Å². The highest BCUT2D eigenvalue weighted by atomic mass is 19.1. The van der Waals surface area contributed by atoms with E-state index in [0.29, 0.717) is 0 Å². The quantitative estimate of drug-likeness (QED) is 0.564. The average Bonchev–Trinajstić information content (AvgIpc) is 3.23. The van der Waals surface area contributed by atoms with Crippen LogP contribution in [0.1, 0.15) is 68.8 Å². The van der Waals surface area contributed by atoms with E-state index in [9.17, 15) is 4.39 Å². The minimum absolute atomic E-state index is 0.0983. The van der Waals surface area contributed by atoms with Gasteiger partial charge in [0.25, 0.3) is 0 Å². The van der Waals surface area contributed by atoms with Crippen molar-refractivity contribution in [3.8, 4) is 0 Å². The van der Waals surface area contributed by atoms with E-state index in [2.05, 4.69) is 47.0 Å². The van der Waals surface area contributed by atoms with Crippen LogP contribution in [0.15, 0.2) is 36.7 Å². The third kappa shape index (κ3) is 4.98. The first kappa shape index (κ1) is 22.3. The number of aromatic nitrogens is 2. The summed E-state index contributed by atoms with van der Waals surface area (Å²) in [4.78, 5) is 11.7. The summed E-state index contributed by atoms with van der Waals surface area (Å²) in [6.45, 7) is 7.79. The maximum atomic E-state index is 13.3. The predicted octanol–water partition coefficient (Wildman–Crippen LogP) is 5.44. The number of ether oxygens (including phenoxy) is 1. The lowest BCUT2D eigenvalue weighted by Crippen LogP contribution is -2.48. The lowest BCUT2D eigenvalue weighted by molar-refractivity contribution is 0.0204. The molecule has 1 saturated carbocycles. The van der Waals surface area contributed by atoms with Gasteiger partial charge in [-0.2, -0.15) is 0 Å². The van der Waals surface area contributed by atoms with Crippen LogP contribution in [0.2, 0.25) is 0 Å². The maximum absolute atomic E-state index is 13.3. The molecule has 0 bridgehead atoms. The van der Waals surface area contributed by atoms with Gasteiger partial charge in [-0.25, -0.2) is 4.39 Å². The van der Waals surface area contributed by atoms with Crippen molar-refractivity contribution in [1.29, 1.82) is 0 Å². The van der Waals surface area contributed by atoms with Crippen molar-refractivity contribution in [1.82, 2.24) is 14.9 Å². The number of hydrogen-bond acceptors (Lipinski definition) is 4. The third-order valence-electron chi connectivity index (χ3n) is 7.49. The molecule has 0 aromatic carbocycles. The second-order valence-electron chi connectivity index (χ2n) is 9.56. The molecule has 0 radical (unpaired) electrons. The molecule has 1 aliphatic carbocycles. The number of likely N-dealkylation sites (tertiary alicyclic amines) is 1. The molecule has 2 aliphatic rings. The van der Waals surface area contributed by atoms with E-state index >= 15 is 0 Å². The van der Waals surface area contributed by atoms with E-state index in [4.69, 9.17) is 4.74 Å². The average molecular weight is 426 g/mol. The Balaban J connectivity index is 1.55. The number of pyridine rings is 2. The Labute approximate surface area is 186 Å². The highest BCUT2D eigenvalue weighted by molar-refractivity contribution is 5.25. The molecule has 2 aromatic rings. The molecule has 2 fully saturated rings. The van der Waals surface area contributed by atoms with Gasteiger partial charge in [0.2, 0.25) is 0 Å². The number of hydrogen-bond donors (Lipinski definition) is 0. The molecule has 1 unspecified atom stereocenters. The minimum atomic E-state index is -0.272. The summed E-state index contributed by atoms with van der Waals surface area (Å²) in [6, 6.07) is 7.80. The van der Waals surface area contributed by atoms with Gasteiger partial charge in [-0.3, -0.25) is 14.9 Å². The van der Waals surface area contributed by atoms with Crippen molar-refractivity contribution >= 4 is 0 Å². The Morgan fingerprint density at radius 2 is 1.87 bits per heavy atom. The summed E-state index contributed by atoms with van der Waals surface area (Å²) >= 11 is 0. The fraction of sp³-hybridized carbons (Fsp3) is 0.615. The third-order valence-corrected chi connectivity index (χ3v) is 7.49. The molecular formula is C26H36FN3O. The number of halogens is 1. The molecule has 0 spiro atoms. The first-order chi connectivity index (χ1) is 15.1. The van der Waals surface area contributed by atoms with E-state index in [0.717, 1.165) is 57.0 Å². The van der Waals surface area contributed by atoms with Gasteiger partial charge in [-0.15, -0.1) is 0 Å². The molecule has 31 heavy (non-hydrogen) atoms. The van der Waals surface area contributed by atoms with Crippen LogP contribution in [0.4, 0.5) is 4.39 Å². The molecule has 4 rings (SSSR count). The largest absolute Gasteiger partial charge is 0.381 e. The van der Waals surface area contributed by atoms with E-state index in [-0.39, 0.29) is 16.8 Å². The van der Waals surface area contributed by atoms with Crippen molar-refractivity contribution in [2.45, 2.75) is 70.8 Å². The van der Waals surface area contributed by atoms with Crippen LogP contribution in [0.25, 0.3) is 0 Å². The zero-order valence-electron chi connectivity index (χ0n) is 19.1. The van der Waals surface area contributed by atoms with Crippen LogP contribution in [-0.4, -0.2) is 41.2 Å². The fourth-order valence-electron chi connectivity index (χ4n) is 5.63. The van der Waals surface area contributed by atoms with Crippen LogP contribution >= 0.6 is 0 Å². The highest BCUT2D eigenvalue weighted by Crippen LogP contribution is 2.48. The Hall–Kier alpha value is -1.85. The van der Waals surface area contributed by atoms with Gasteiger partial charge >= 0.3 is 0 Å². The van der Waals surface area contributed by atoms with Gasteiger partial charge in [0.05, 0.1) is 12.8 Å². The summed E-state index contributed by atoms with van der Waals surface area (Å²) in [6.07, 6.45) is 12.8. The van der Waals surface area contributed by atoms with Crippen LogP contribution in [-0.2, 0) is 16.7 Å². The molecule has 1 aliphatic heterocycles. The molecule has 0 amide bonds. The van der Waals surface area contributed by atoms with Crippen molar-refractivity contribution < 1.29 is 9.13 Å². The standard InChI is InChI=1S/C26H36FN3O/c1-3-31-20-25(14-11-24-10-9-23(27)18-29-24)15-16-30(19-25)26(12-5-4-6-13-26)22-8-7-21(2)28-17-22/h7-10,17-18H,3-6,11-16,19-20H2,1-2H3. The van der Waals surface area contributed by atoms with Crippen LogP contribution in [0.5, 0.6) is 0 Å². The van der Waals surface area contributed by atoms with E-state index < -0.39 is 0 Å². The van der Waals surface area contributed by atoms with Crippen molar-refractivity contribution in [3.05, 3.63) is 59.4 Å². The highest BCUT2D eigenvalue weighted by Gasteiger charge is 2.48. The van der Waals surface area contributed by atoms with Gasteiger partial charge < -0.3 is 4.74 Å². The molecule has 0 N–H and O–H groups in total. The number of aryl methyl sites for hydroxylation is 2. The van der Waals surface area contributed by atoms with Gasteiger partial charge in [0.15, 0.2) is 0 Å². The van der Waals surface area contributed by atoms with Crippen LogP contribution in [0, 0.1) is 18.2 Å². The van der Waals surface area contributed by atoms with E-state index in [1.54, 1.807) is 0 Å². The second-order valence-corrected chi connectivity index (χ2v) is 9.56. The van der Waals surface area contributed by atoms with Gasteiger partial charge in [-0.05, 0) is 76.3 Å². The predicted molar refractivity (Wildman–Crippen MR) is 121 cm³/mol. The zero-order chi connectivity index (χ0) is 21.7. The van der Waals surface area contributed by atoms with Crippen molar-refractivity contribution in [2.24, 2.45) is 5.41 Å². The monoisotopic (exact) mass is 425 g/mol. The summed E-state index contributed by atoms with van der Waals surface area (Å²) in [5, 5.41) is 0. The van der Waals surface area contributed by atoms with Crippen molar-refractivity contribution in [2.75, 3.05) is 26.3 Å². The lowest BCUT2D eigenvalue weighted by atomic mass is 9.75. The lowest BCUT2D eigenvalue weighted by Gasteiger charge is -2.46. The zero-order valence-corrected chi connectivity index (χ0v) is 19.1. The molecule has 2 aromatic heterocycles. The molecular weight excluding hydrogens is 389 g/mol. The second kappa shape index (κ2) is 9.74. The Morgan fingerprint density at radius 3 is 2.55 bits per heavy atom. The molecule has 4 nitrogen and oxygen atoms in total. The normalized spacial score (nSPS) is 23.8. The molecule has 1 saturated heterocycles.